The van der Waals surface area contributed by atoms with Gasteiger partial charge in [-0.1, -0.05) is 72.6 Å². The number of amides is 2. The van der Waals surface area contributed by atoms with Gasteiger partial charge < -0.3 is 10.2 Å². The monoisotopic (exact) mass is 583 g/mol. The van der Waals surface area contributed by atoms with E-state index >= 15 is 0 Å². The number of nitrogens with zero attached hydrogens (tertiary/aromatic N) is 2. The molecule has 0 spiro atoms. The topological polar surface area (TPSA) is 86.8 Å². The molecule has 0 unspecified atom stereocenters. The van der Waals surface area contributed by atoms with Gasteiger partial charge in [-0.3, -0.25) is 13.9 Å². The average Bonchev–Trinajstić information content (AvgIpc) is 2.88. The Labute approximate surface area is 243 Å². The van der Waals surface area contributed by atoms with E-state index in [0.29, 0.717) is 22.7 Å². The summed E-state index contributed by atoms with van der Waals surface area (Å²) in [6, 6.07) is 19.9. The summed E-state index contributed by atoms with van der Waals surface area (Å²) < 4.78 is 29.1. The van der Waals surface area contributed by atoms with E-state index in [0.717, 1.165) is 15.4 Å². The molecule has 1 atom stereocenters. The summed E-state index contributed by atoms with van der Waals surface area (Å²) >= 11 is 6.39. The summed E-state index contributed by atoms with van der Waals surface area (Å²) in [6.07, 6.45) is 0.349. The molecule has 7 nitrogen and oxygen atoms in total. The quantitative estimate of drug-likeness (QED) is 0.323. The maximum absolute atomic E-state index is 14.1. The van der Waals surface area contributed by atoms with Crippen molar-refractivity contribution < 1.29 is 18.0 Å². The first kappa shape index (κ1) is 31.2. The molecule has 0 heterocycles. The Bertz CT molecular complexity index is 1440. The predicted molar refractivity (Wildman–Crippen MR) is 161 cm³/mol. The number of carbonyl (C=O) groups is 2. The molecule has 0 aliphatic rings. The number of benzene rings is 3. The maximum atomic E-state index is 14.1. The van der Waals surface area contributed by atoms with Gasteiger partial charge in [-0.15, -0.1) is 0 Å². The number of rotatable bonds is 10. The van der Waals surface area contributed by atoms with E-state index in [-0.39, 0.29) is 17.3 Å². The highest BCUT2D eigenvalue weighted by atomic mass is 35.5. The van der Waals surface area contributed by atoms with Gasteiger partial charge in [0.15, 0.2) is 0 Å². The molecule has 3 rings (SSSR count). The fourth-order valence-corrected chi connectivity index (χ4v) is 6.01. The Balaban J connectivity index is 2.10. The van der Waals surface area contributed by atoms with E-state index in [1.54, 1.807) is 37.3 Å². The molecule has 0 radical (unpaired) electrons. The molecule has 0 fully saturated rings. The van der Waals surface area contributed by atoms with Crippen molar-refractivity contribution in [2.75, 3.05) is 10.8 Å². The predicted octanol–water partition coefficient (Wildman–Crippen LogP) is 5.87. The highest BCUT2D eigenvalue weighted by Gasteiger charge is 2.35. The molecular formula is C31H38ClN3O4S. The summed E-state index contributed by atoms with van der Waals surface area (Å²) in [4.78, 5) is 29.0. The second-order valence-corrected chi connectivity index (χ2v) is 13.1. The van der Waals surface area contributed by atoms with E-state index < -0.39 is 34.1 Å². The first-order valence-corrected chi connectivity index (χ1v) is 15.1. The van der Waals surface area contributed by atoms with Gasteiger partial charge in [0.2, 0.25) is 11.8 Å². The van der Waals surface area contributed by atoms with Crippen LogP contribution in [0.4, 0.5) is 5.69 Å². The Morgan fingerprint density at radius 2 is 1.55 bits per heavy atom. The van der Waals surface area contributed by atoms with Crippen molar-refractivity contribution in [3.8, 4) is 0 Å². The molecule has 0 saturated heterocycles. The van der Waals surface area contributed by atoms with E-state index in [2.05, 4.69) is 5.32 Å². The van der Waals surface area contributed by atoms with Gasteiger partial charge in [-0.05, 0) is 76.4 Å². The molecule has 214 valence electrons. The number of halogens is 1. The Morgan fingerprint density at radius 1 is 0.925 bits per heavy atom. The minimum absolute atomic E-state index is 0.0532. The molecule has 3 aromatic carbocycles. The number of aryl methyl sites for hydroxylation is 1. The van der Waals surface area contributed by atoms with Gasteiger partial charge >= 0.3 is 0 Å². The number of nitrogens with one attached hydrogen (secondary N) is 1. The van der Waals surface area contributed by atoms with Crippen LogP contribution in [0.1, 0.15) is 50.8 Å². The molecule has 0 aliphatic carbocycles. The standard InChI is InChI=1S/C31H38ClN3O4S/c1-7-27(30(37)33-31(4,5)6)34(20-24-12-9-8-10-13-24)29(36)21-35(28-15-11-14-26(32)23(28)3)40(38,39)25-18-16-22(2)17-19-25/h8-19,27H,7,20-21H2,1-6H3,(H,33,37)/t27-/m0/s1. The molecule has 0 aliphatic heterocycles. The second-order valence-electron chi connectivity index (χ2n) is 10.9. The lowest BCUT2D eigenvalue weighted by Crippen LogP contribution is -2.55. The van der Waals surface area contributed by atoms with Crippen LogP contribution in [0.15, 0.2) is 77.7 Å². The molecule has 9 heteroatoms. The van der Waals surface area contributed by atoms with Crippen LogP contribution in [0.25, 0.3) is 0 Å². The molecule has 0 aromatic heterocycles. The molecular weight excluding hydrogens is 546 g/mol. The van der Waals surface area contributed by atoms with Crippen molar-refractivity contribution in [2.45, 2.75) is 71.0 Å². The van der Waals surface area contributed by atoms with Crippen molar-refractivity contribution in [2.24, 2.45) is 0 Å². The van der Waals surface area contributed by atoms with Gasteiger partial charge in [0, 0.05) is 17.1 Å². The zero-order valence-corrected chi connectivity index (χ0v) is 25.5. The highest BCUT2D eigenvalue weighted by Crippen LogP contribution is 2.31. The van der Waals surface area contributed by atoms with Crippen LogP contribution in [0.2, 0.25) is 5.02 Å². The van der Waals surface area contributed by atoms with Crippen molar-refractivity contribution in [1.82, 2.24) is 10.2 Å². The number of anilines is 1. The van der Waals surface area contributed by atoms with Crippen LogP contribution in [0.5, 0.6) is 0 Å². The molecule has 2 amide bonds. The maximum Gasteiger partial charge on any atom is 0.264 e. The second kappa shape index (κ2) is 12.9. The van der Waals surface area contributed by atoms with Crippen LogP contribution in [-0.4, -0.2) is 43.3 Å². The Morgan fingerprint density at radius 3 is 2.12 bits per heavy atom. The summed E-state index contributed by atoms with van der Waals surface area (Å²) in [6.45, 7) is 10.7. The van der Waals surface area contributed by atoms with Crippen molar-refractivity contribution in [1.29, 1.82) is 0 Å². The van der Waals surface area contributed by atoms with E-state index in [1.165, 1.54) is 17.0 Å². The number of hydrogen-bond acceptors (Lipinski definition) is 4. The smallest absolute Gasteiger partial charge is 0.264 e. The number of hydrogen-bond donors (Lipinski definition) is 1. The lowest BCUT2D eigenvalue weighted by atomic mass is 10.1. The third kappa shape index (κ3) is 7.64. The highest BCUT2D eigenvalue weighted by molar-refractivity contribution is 7.92. The van der Waals surface area contributed by atoms with Crippen LogP contribution >= 0.6 is 11.6 Å². The van der Waals surface area contributed by atoms with Gasteiger partial charge in [0.1, 0.15) is 12.6 Å². The van der Waals surface area contributed by atoms with Crippen molar-refractivity contribution in [3.05, 3.63) is 94.5 Å². The average molecular weight is 584 g/mol. The van der Waals surface area contributed by atoms with E-state index in [9.17, 15) is 18.0 Å². The van der Waals surface area contributed by atoms with Crippen molar-refractivity contribution in [3.63, 3.8) is 0 Å². The number of carbonyl (C=O) groups excluding carboxylic acids is 2. The first-order chi connectivity index (χ1) is 18.7. The first-order valence-electron chi connectivity index (χ1n) is 13.2. The van der Waals surface area contributed by atoms with Gasteiger partial charge in [-0.2, -0.15) is 0 Å². The fraction of sp³-hybridized carbons (Fsp3) is 0.355. The minimum Gasteiger partial charge on any atom is -0.350 e. The van der Waals surface area contributed by atoms with Gasteiger partial charge in [0.05, 0.1) is 10.6 Å². The lowest BCUT2D eigenvalue weighted by molar-refractivity contribution is -0.141. The molecule has 3 aromatic rings. The summed E-state index contributed by atoms with van der Waals surface area (Å²) in [7, 11) is -4.17. The normalized spacial score (nSPS) is 12.5. The van der Waals surface area contributed by atoms with Crippen LogP contribution in [-0.2, 0) is 26.2 Å². The Hall–Kier alpha value is -3.36. The largest absolute Gasteiger partial charge is 0.350 e. The van der Waals surface area contributed by atoms with Crippen LogP contribution in [0.3, 0.4) is 0 Å². The van der Waals surface area contributed by atoms with Crippen LogP contribution in [0, 0.1) is 13.8 Å². The minimum atomic E-state index is -4.17. The lowest BCUT2D eigenvalue weighted by Gasteiger charge is -2.35. The Kier molecular flexibility index (Phi) is 10.0. The third-order valence-corrected chi connectivity index (χ3v) is 8.66. The zero-order chi connectivity index (χ0) is 29.7. The molecule has 0 saturated carbocycles. The fourth-order valence-electron chi connectivity index (χ4n) is 4.37. The van der Waals surface area contributed by atoms with Crippen LogP contribution < -0.4 is 9.62 Å². The number of sulfonamides is 1. The van der Waals surface area contributed by atoms with E-state index in [1.807, 2.05) is 65.0 Å². The summed E-state index contributed by atoms with van der Waals surface area (Å²) in [5.74, 6) is -0.805. The SMILES string of the molecule is CC[C@@H](C(=O)NC(C)(C)C)N(Cc1ccccc1)C(=O)CN(c1cccc(Cl)c1C)S(=O)(=O)c1ccc(C)cc1. The van der Waals surface area contributed by atoms with Crippen molar-refractivity contribution >= 4 is 39.1 Å². The molecule has 0 bridgehead atoms. The molecule has 40 heavy (non-hydrogen) atoms. The zero-order valence-electron chi connectivity index (χ0n) is 23.9. The summed E-state index contributed by atoms with van der Waals surface area (Å²) in [5, 5.41) is 3.35. The van der Waals surface area contributed by atoms with Gasteiger partial charge in [-0.25, -0.2) is 8.42 Å². The molecule has 1 N–H and O–H groups in total. The van der Waals surface area contributed by atoms with Gasteiger partial charge in [0.25, 0.3) is 10.0 Å². The summed E-state index contributed by atoms with van der Waals surface area (Å²) in [5.41, 5.74) is 2.05. The van der Waals surface area contributed by atoms with E-state index in [4.69, 9.17) is 11.6 Å². The third-order valence-electron chi connectivity index (χ3n) is 6.48.